The largest absolute Gasteiger partial charge is 0.461 e. The molecule has 0 spiro atoms. The molecule has 1 amide bonds. The van der Waals surface area contributed by atoms with Crippen LogP contribution in [0.5, 0.6) is 0 Å². The molecule has 0 atom stereocenters. The fraction of sp³-hybridized carbons (Fsp3) is 0.385. The summed E-state index contributed by atoms with van der Waals surface area (Å²) in [4.78, 5) is 22.2. The molecule has 0 saturated heterocycles. The zero-order valence-electron chi connectivity index (χ0n) is 10.7. The van der Waals surface area contributed by atoms with Gasteiger partial charge in [-0.05, 0) is 24.1 Å². The van der Waals surface area contributed by atoms with Gasteiger partial charge in [0.15, 0.2) is 0 Å². The molecule has 0 bridgehead atoms. The highest BCUT2D eigenvalue weighted by Crippen LogP contribution is 2.11. The number of halogens is 1. The smallest absolute Gasteiger partial charge is 0.302 e. The van der Waals surface area contributed by atoms with E-state index >= 15 is 0 Å². The highest BCUT2D eigenvalue weighted by atomic mass is 127. The third kappa shape index (κ3) is 7.12. The first-order valence-corrected chi connectivity index (χ1v) is 7.05. The number of hydrogen-bond donors (Lipinski definition) is 2. The molecule has 5 nitrogen and oxygen atoms in total. The van der Waals surface area contributed by atoms with Crippen molar-refractivity contribution in [3.8, 4) is 0 Å². The Morgan fingerprint density at radius 1 is 1.26 bits per heavy atom. The van der Waals surface area contributed by atoms with Gasteiger partial charge >= 0.3 is 5.97 Å². The van der Waals surface area contributed by atoms with Crippen molar-refractivity contribution >= 4 is 40.4 Å². The van der Waals surface area contributed by atoms with Gasteiger partial charge in [0, 0.05) is 48.4 Å². The second-order valence-corrected chi connectivity index (χ2v) is 4.78. The van der Waals surface area contributed by atoms with E-state index in [0.717, 1.165) is 24.2 Å². The van der Waals surface area contributed by atoms with E-state index < -0.39 is 0 Å². The molecule has 0 aliphatic carbocycles. The summed E-state index contributed by atoms with van der Waals surface area (Å²) in [5, 5.41) is 2.82. The molecule has 0 aliphatic rings. The molecule has 0 fully saturated rings. The van der Waals surface area contributed by atoms with Gasteiger partial charge in [0.1, 0.15) is 6.61 Å². The molecule has 0 saturated carbocycles. The molecule has 104 valence electrons. The number of amides is 1. The first-order chi connectivity index (χ1) is 9.11. The lowest BCUT2D eigenvalue weighted by Crippen LogP contribution is -2.13. The minimum Gasteiger partial charge on any atom is -0.461 e. The molecule has 0 heterocycles. The highest BCUT2D eigenvalue weighted by Gasteiger charge is 2.02. The Bertz CT molecular complexity index is 420. The van der Waals surface area contributed by atoms with Crippen LogP contribution in [0.3, 0.4) is 0 Å². The van der Waals surface area contributed by atoms with Crippen LogP contribution >= 0.6 is 22.9 Å². The van der Waals surface area contributed by atoms with E-state index in [1.807, 2.05) is 12.1 Å². The summed E-state index contributed by atoms with van der Waals surface area (Å²) in [5.41, 5.74) is 1.64. The van der Waals surface area contributed by atoms with E-state index in [0.29, 0.717) is 6.42 Å². The zero-order valence-corrected chi connectivity index (χ0v) is 12.9. The van der Waals surface area contributed by atoms with Crippen LogP contribution < -0.4 is 8.85 Å². The van der Waals surface area contributed by atoms with Gasteiger partial charge in [0.05, 0.1) is 0 Å². The molecule has 6 heteroatoms. The summed E-state index contributed by atoms with van der Waals surface area (Å²) in [5.74, 6) is -0.305. The summed E-state index contributed by atoms with van der Waals surface area (Å²) >= 11 is 2.06. The molecular formula is C13H17IN2O3. The summed E-state index contributed by atoms with van der Waals surface area (Å²) in [6, 6.07) is 7.25. The quantitative estimate of drug-likeness (QED) is 0.332. The van der Waals surface area contributed by atoms with E-state index in [4.69, 9.17) is 4.74 Å². The van der Waals surface area contributed by atoms with Gasteiger partial charge in [0.25, 0.3) is 0 Å². The average Bonchev–Trinajstić information content (AvgIpc) is 2.38. The van der Waals surface area contributed by atoms with Crippen molar-refractivity contribution in [3.63, 3.8) is 0 Å². The summed E-state index contributed by atoms with van der Waals surface area (Å²) in [7, 11) is 0. The Morgan fingerprint density at radius 3 is 2.53 bits per heavy atom. The predicted octanol–water partition coefficient (Wildman–Crippen LogP) is 2.41. The van der Waals surface area contributed by atoms with Gasteiger partial charge in [-0.15, -0.1) is 0 Å². The lowest BCUT2D eigenvalue weighted by atomic mass is 10.2. The summed E-state index contributed by atoms with van der Waals surface area (Å²) in [6.07, 6.45) is 1.30. The topological polar surface area (TPSA) is 67.4 Å². The number of ether oxygens (including phenoxy) is 1. The first kappa shape index (κ1) is 15.9. The average molecular weight is 376 g/mol. The number of rotatable bonds is 7. The van der Waals surface area contributed by atoms with Crippen LogP contribution in [-0.4, -0.2) is 18.4 Å². The molecule has 1 aromatic rings. The maximum atomic E-state index is 11.6. The third-order valence-corrected chi connectivity index (χ3v) is 2.89. The first-order valence-electron chi connectivity index (χ1n) is 5.97. The Labute approximate surface area is 126 Å². The van der Waals surface area contributed by atoms with Crippen molar-refractivity contribution in [3.05, 3.63) is 29.8 Å². The molecular weight excluding hydrogens is 359 g/mol. The highest BCUT2D eigenvalue weighted by molar-refractivity contribution is 14.1. The van der Waals surface area contributed by atoms with E-state index in [9.17, 15) is 9.59 Å². The van der Waals surface area contributed by atoms with Crippen LogP contribution in [0.2, 0.25) is 0 Å². The third-order valence-electron chi connectivity index (χ3n) is 2.35. The van der Waals surface area contributed by atoms with Crippen LogP contribution in [-0.2, 0) is 20.9 Å². The number of nitrogens with one attached hydrogen (secondary N) is 2. The maximum absolute atomic E-state index is 11.6. The Morgan fingerprint density at radius 2 is 1.95 bits per heavy atom. The predicted molar refractivity (Wildman–Crippen MR) is 81.8 cm³/mol. The monoisotopic (exact) mass is 376 g/mol. The fourth-order valence-electron chi connectivity index (χ4n) is 1.41. The van der Waals surface area contributed by atoms with Crippen LogP contribution in [0, 0.1) is 0 Å². The van der Waals surface area contributed by atoms with E-state index in [1.54, 1.807) is 12.1 Å². The fourth-order valence-corrected chi connectivity index (χ4v) is 1.79. The number of carbonyl (C=O) groups excluding carboxylic acids is 2. The Hall–Kier alpha value is -1.15. The number of benzene rings is 1. The SMILES string of the molecule is CC(=O)OCc1ccc(NC(=O)CCCNI)cc1. The number of hydrogen-bond acceptors (Lipinski definition) is 4. The molecule has 2 N–H and O–H groups in total. The normalized spacial score (nSPS) is 10.0. The van der Waals surface area contributed by atoms with Gasteiger partial charge in [-0.3, -0.25) is 13.1 Å². The lowest BCUT2D eigenvalue weighted by Gasteiger charge is -2.06. The zero-order chi connectivity index (χ0) is 14.1. The van der Waals surface area contributed by atoms with Crippen molar-refractivity contribution < 1.29 is 14.3 Å². The lowest BCUT2D eigenvalue weighted by molar-refractivity contribution is -0.142. The van der Waals surface area contributed by atoms with Crippen molar-refractivity contribution in [2.24, 2.45) is 0 Å². The van der Waals surface area contributed by atoms with Crippen molar-refractivity contribution in [1.82, 2.24) is 3.53 Å². The molecule has 0 aliphatic heterocycles. The van der Waals surface area contributed by atoms with Crippen LogP contribution in [0.25, 0.3) is 0 Å². The molecule has 1 rings (SSSR count). The Balaban J connectivity index is 2.39. The molecule has 0 aromatic heterocycles. The summed E-state index contributed by atoms with van der Waals surface area (Å²) in [6.45, 7) is 2.44. The van der Waals surface area contributed by atoms with Crippen LogP contribution in [0.15, 0.2) is 24.3 Å². The number of anilines is 1. The van der Waals surface area contributed by atoms with Crippen molar-refractivity contribution in [1.29, 1.82) is 0 Å². The standard InChI is InChI=1S/C13H17IN2O3/c1-10(17)19-9-11-4-6-12(7-5-11)16-13(18)3-2-8-15-14/h4-7,15H,2-3,8-9H2,1H3,(H,16,18). The molecule has 1 aromatic carbocycles. The number of carbonyl (C=O) groups is 2. The van der Waals surface area contributed by atoms with E-state index in [-0.39, 0.29) is 18.5 Å². The minimum atomic E-state index is -0.304. The molecule has 19 heavy (non-hydrogen) atoms. The van der Waals surface area contributed by atoms with Crippen molar-refractivity contribution in [2.45, 2.75) is 26.4 Å². The van der Waals surface area contributed by atoms with Gasteiger partial charge in [-0.25, -0.2) is 0 Å². The van der Waals surface area contributed by atoms with Gasteiger partial charge in [-0.2, -0.15) is 0 Å². The molecule has 0 radical (unpaired) electrons. The van der Waals surface area contributed by atoms with Crippen molar-refractivity contribution in [2.75, 3.05) is 11.9 Å². The second-order valence-electron chi connectivity index (χ2n) is 4.01. The molecule has 0 unspecified atom stereocenters. The van der Waals surface area contributed by atoms with Crippen LogP contribution in [0.1, 0.15) is 25.3 Å². The van der Waals surface area contributed by atoms with E-state index in [2.05, 4.69) is 31.7 Å². The second kappa shape index (κ2) is 8.87. The van der Waals surface area contributed by atoms with Crippen LogP contribution in [0.4, 0.5) is 5.69 Å². The number of esters is 1. The van der Waals surface area contributed by atoms with Gasteiger partial charge in [0.2, 0.25) is 5.91 Å². The van der Waals surface area contributed by atoms with E-state index in [1.165, 1.54) is 6.92 Å². The minimum absolute atomic E-state index is 0.000569. The summed E-state index contributed by atoms with van der Waals surface area (Å²) < 4.78 is 7.85. The van der Waals surface area contributed by atoms with Gasteiger partial charge < -0.3 is 10.1 Å². The van der Waals surface area contributed by atoms with Gasteiger partial charge in [-0.1, -0.05) is 12.1 Å². The Kier molecular flexibility index (Phi) is 7.42. The maximum Gasteiger partial charge on any atom is 0.302 e.